The quantitative estimate of drug-likeness (QED) is 0.469. The number of phenolic OH excluding ortho intramolecular Hbond substituents is 1. The Bertz CT molecular complexity index is 1410. The monoisotopic (exact) mass is 464 g/mol. The Labute approximate surface area is 197 Å². The molecule has 0 amide bonds. The largest absolute Gasteiger partial charge is 0.507 e. The Balaban J connectivity index is 2.17. The average molecular weight is 465 g/mol. The van der Waals surface area contributed by atoms with E-state index in [1.165, 1.54) is 6.07 Å². The molecule has 34 heavy (non-hydrogen) atoms. The third-order valence-electron chi connectivity index (χ3n) is 6.48. The first-order chi connectivity index (χ1) is 15.8. The SMILES string of the molecule is CC(C)=CC[C@]1(C(=O)O)CC(=C(C)C)C(=O)c2oc3c4c(cc(O)c3c(=O)c21)OC(C)(C)C=C4. The van der Waals surface area contributed by atoms with Gasteiger partial charge in [0.1, 0.15) is 27.9 Å². The molecule has 0 saturated heterocycles. The second-order valence-corrected chi connectivity index (χ2v) is 10.0. The molecule has 2 aliphatic rings. The van der Waals surface area contributed by atoms with Crippen LogP contribution < -0.4 is 10.2 Å². The standard InChI is InChI=1S/C27H28O7/c1-13(2)7-10-27(25(31)32)12-16(14(3)4)21(29)24-20(27)22(30)19-17(28)11-18-15(23(19)33-24)8-9-26(5,6)34-18/h7-9,11,28H,10,12H2,1-6H3,(H,31,32)/t27-/m0/s1. The van der Waals surface area contributed by atoms with Gasteiger partial charge in [0, 0.05) is 11.6 Å². The van der Waals surface area contributed by atoms with Crippen LogP contribution in [0.4, 0.5) is 0 Å². The second-order valence-electron chi connectivity index (χ2n) is 10.0. The van der Waals surface area contributed by atoms with Crippen molar-refractivity contribution in [2.45, 2.75) is 65.4 Å². The number of phenols is 1. The summed E-state index contributed by atoms with van der Waals surface area (Å²) >= 11 is 0. The van der Waals surface area contributed by atoms with Gasteiger partial charge in [-0.2, -0.15) is 0 Å². The number of carboxylic acids is 1. The molecular formula is C27H28O7. The first-order valence-corrected chi connectivity index (χ1v) is 11.1. The van der Waals surface area contributed by atoms with Crippen molar-refractivity contribution in [1.82, 2.24) is 0 Å². The van der Waals surface area contributed by atoms with Gasteiger partial charge in [-0.25, -0.2) is 0 Å². The topological polar surface area (TPSA) is 114 Å². The maximum Gasteiger partial charge on any atom is 0.315 e. The molecule has 0 fully saturated rings. The first kappa shape index (κ1) is 23.5. The van der Waals surface area contributed by atoms with Gasteiger partial charge in [0.25, 0.3) is 0 Å². The van der Waals surface area contributed by atoms with Crippen LogP contribution in [0.5, 0.6) is 11.5 Å². The molecule has 2 aromatic rings. The van der Waals surface area contributed by atoms with Gasteiger partial charge >= 0.3 is 5.97 Å². The van der Waals surface area contributed by atoms with Crippen molar-refractivity contribution in [2.75, 3.05) is 0 Å². The molecule has 2 N–H and O–H groups in total. The molecule has 1 aromatic heterocycles. The van der Waals surface area contributed by atoms with E-state index >= 15 is 0 Å². The highest BCUT2D eigenvalue weighted by molar-refractivity contribution is 6.13. The molecule has 0 bridgehead atoms. The van der Waals surface area contributed by atoms with Crippen LogP contribution in [0, 0.1) is 0 Å². The van der Waals surface area contributed by atoms with Crippen LogP contribution in [0.15, 0.2) is 44.1 Å². The number of Topliss-reactive ketones (excluding diaryl/α,β-unsaturated/α-hetero) is 1. The minimum Gasteiger partial charge on any atom is -0.507 e. The van der Waals surface area contributed by atoms with Crippen molar-refractivity contribution >= 4 is 28.8 Å². The van der Waals surface area contributed by atoms with E-state index in [2.05, 4.69) is 0 Å². The number of benzene rings is 1. The number of ether oxygens (including phenoxy) is 1. The lowest BCUT2D eigenvalue weighted by Crippen LogP contribution is -2.45. The Morgan fingerprint density at radius 2 is 1.85 bits per heavy atom. The van der Waals surface area contributed by atoms with Crippen LogP contribution in [0.25, 0.3) is 17.0 Å². The fourth-order valence-electron chi connectivity index (χ4n) is 4.62. The highest BCUT2D eigenvalue weighted by atomic mass is 16.5. The van der Waals surface area contributed by atoms with E-state index in [4.69, 9.17) is 9.15 Å². The van der Waals surface area contributed by atoms with E-state index in [1.54, 1.807) is 32.1 Å². The van der Waals surface area contributed by atoms with Crippen molar-refractivity contribution in [3.8, 4) is 11.5 Å². The molecule has 1 atom stereocenters. The van der Waals surface area contributed by atoms with E-state index < -0.39 is 33.9 Å². The molecule has 1 aliphatic carbocycles. The molecule has 0 spiro atoms. The van der Waals surface area contributed by atoms with Crippen molar-refractivity contribution in [3.05, 3.63) is 62.0 Å². The third kappa shape index (κ3) is 3.47. The summed E-state index contributed by atoms with van der Waals surface area (Å²) in [5, 5.41) is 21.0. The van der Waals surface area contributed by atoms with Gasteiger partial charge in [0.15, 0.2) is 11.3 Å². The van der Waals surface area contributed by atoms with Crippen LogP contribution in [0.2, 0.25) is 0 Å². The molecule has 0 radical (unpaired) electrons. The molecule has 0 saturated carbocycles. The maximum atomic E-state index is 13.9. The maximum absolute atomic E-state index is 13.9. The smallest absolute Gasteiger partial charge is 0.315 e. The average Bonchev–Trinajstić information content (AvgIpc) is 2.72. The lowest BCUT2D eigenvalue weighted by atomic mass is 9.66. The van der Waals surface area contributed by atoms with Crippen LogP contribution >= 0.6 is 0 Å². The molecule has 0 unspecified atom stereocenters. The lowest BCUT2D eigenvalue weighted by Gasteiger charge is -2.35. The lowest BCUT2D eigenvalue weighted by molar-refractivity contribution is -0.144. The van der Waals surface area contributed by atoms with Gasteiger partial charge in [-0.3, -0.25) is 14.4 Å². The van der Waals surface area contributed by atoms with E-state index in [9.17, 15) is 24.6 Å². The van der Waals surface area contributed by atoms with Crippen LogP contribution in [-0.4, -0.2) is 27.6 Å². The number of rotatable bonds is 3. The van der Waals surface area contributed by atoms with E-state index in [0.717, 1.165) is 5.57 Å². The summed E-state index contributed by atoms with van der Waals surface area (Å²) in [6, 6.07) is 1.33. The van der Waals surface area contributed by atoms with Gasteiger partial charge in [0.05, 0.1) is 11.1 Å². The summed E-state index contributed by atoms with van der Waals surface area (Å²) in [5.74, 6) is -2.12. The van der Waals surface area contributed by atoms with Gasteiger partial charge < -0.3 is 19.4 Å². The van der Waals surface area contributed by atoms with Crippen LogP contribution in [-0.2, 0) is 10.2 Å². The Morgan fingerprint density at radius 1 is 1.18 bits per heavy atom. The highest BCUT2D eigenvalue weighted by Gasteiger charge is 2.51. The molecule has 7 nitrogen and oxygen atoms in total. The predicted molar refractivity (Wildman–Crippen MR) is 129 cm³/mol. The fraction of sp³-hybridized carbons (Fsp3) is 0.370. The molecule has 2 heterocycles. The first-order valence-electron chi connectivity index (χ1n) is 11.1. The summed E-state index contributed by atoms with van der Waals surface area (Å²) in [5.41, 5.74) is -1.05. The molecule has 4 rings (SSSR count). The van der Waals surface area contributed by atoms with Crippen molar-refractivity contribution in [2.24, 2.45) is 0 Å². The zero-order valence-electron chi connectivity index (χ0n) is 20.2. The zero-order valence-corrected chi connectivity index (χ0v) is 20.2. The van der Waals surface area contributed by atoms with Gasteiger partial charge in [0.2, 0.25) is 11.2 Å². The Morgan fingerprint density at radius 3 is 2.44 bits per heavy atom. The summed E-state index contributed by atoms with van der Waals surface area (Å²) < 4.78 is 12.0. The summed E-state index contributed by atoms with van der Waals surface area (Å²) in [6.45, 7) is 10.8. The number of aliphatic carboxylic acids is 1. The normalized spacial score (nSPS) is 20.4. The van der Waals surface area contributed by atoms with Crippen LogP contribution in [0.1, 0.15) is 76.1 Å². The van der Waals surface area contributed by atoms with Crippen molar-refractivity contribution in [3.63, 3.8) is 0 Å². The van der Waals surface area contributed by atoms with E-state index in [-0.39, 0.29) is 35.1 Å². The van der Waals surface area contributed by atoms with E-state index in [0.29, 0.717) is 22.5 Å². The van der Waals surface area contributed by atoms with Gasteiger partial charge in [-0.1, -0.05) is 17.2 Å². The number of allylic oxidation sites excluding steroid dienone is 4. The number of hydrogen-bond acceptors (Lipinski definition) is 6. The summed E-state index contributed by atoms with van der Waals surface area (Å²) in [4.78, 5) is 40.1. The van der Waals surface area contributed by atoms with Crippen molar-refractivity contribution < 1.29 is 29.0 Å². The van der Waals surface area contributed by atoms with Gasteiger partial charge in [-0.15, -0.1) is 0 Å². The molecule has 1 aromatic carbocycles. The fourth-order valence-corrected chi connectivity index (χ4v) is 4.62. The minimum absolute atomic E-state index is 0.000892. The Kier molecular flexibility index (Phi) is 5.35. The molecule has 178 valence electrons. The summed E-state index contributed by atoms with van der Waals surface area (Å²) in [6.07, 6.45) is 5.11. The zero-order chi connectivity index (χ0) is 25.2. The number of carbonyl (C=O) groups excluding carboxylic acids is 1. The number of ketones is 1. The highest BCUT2D eigenvalue weighted by Crippen LogP contribution is 2.46. The van der Waals surface area contributed by atoms with Crippen LogP contribution in [0.3, 0.4) is 0 Å². The minimum atomic E-state index is -1.71. The summed E-state index contributed by atoms with van der Waals surface area (Å²) in [7, 11) is 0. The van der Waals surface area contributed by atoms with Gasteiger partial charge in [-0.05, 0) is 66.5 Å². The molecule has 7 heteroatoms. The van der Waals surface area contributed by atoms with E-state index in [1.807, 2.05) is 27.7 Å². The number of hydrogen-bond donors (Lipinski definition) is 2. The second kappa shape index (κ2) is 7.72. The number of fused-ring (bicyclic) bond motifs is 4. The molecular weight excluding hydrogens is 436 g/mol. The molecule has 1 aliphatic heterocycles. The predicted octanol–water partition coefficient (Wildman–Crippen LogP) is 5.28. The number of aromatic hydroxyl groups is 1. The Hall–Kier alpha value is -3.61. The number of carbonyl (C=O) groups is 2. The van der Waals surface area contributed by atoms with Crippen molar-refractivity contribution in [1.29, 1.82) is 0 Å². The third-order valence-corrected chi connectivity index (χ3v) is 6.48. The number of carboxylic acid groups (broad SMARTS) is 1.